The van der Waals surface area contributed by atoms with Gasteiger partial charge in [-0.2, -0.15) is 0 Å². The molecule has 6 heteroatoms. The summed E-state index contributed by atoms with van der Waals surface area (Å²) < 4.78 is 5.75. The molecule has 0 unspecified atom stereocenters. The van der Waals surface area contributed by atoms with Gasteiger partial charge in [0.25, 0.3) is 0 Å². The summed E-state index contributed by atoms with van der Waals surface area (Å²) in [5.41, 5.74) is -0.365. The first-order chi connectivity index (χ1) is 11.5. The maximum atomic E-state index is 13.0. The second-order valence-electron chi connectivity index (χ2n) is 6.62. The van der Waals surface area contributed by atoms with Crippen molar-refractivity contribution in [3.05, 3.63) is 45.4 Å². The van der Waals surface area contributed by atoms with E-state index >= 15 is 0 Å². The maximum absolute atomic E-state index is 13.0. The Morgan fingerprint density at radius 2 is 1.68 bits per heavy atom. The monoisotopic (exact) mass is 342 g/mol. The van der Waals surface area contributed by atoms with E-state index in [-0.39, 0.29) is 39.7 Å². The Hall–Kier alpha value is -2.89. The number of carbonyl (C=O) groups excluding carboxylic acids is 3. The molecule has 0 amide bonds. The molecule has 1 atom stereocenters. The number of allylic oxidation sites excluding steroid dienone is 3. The number of ketones is 3. The molecule has 1 aliphatic carbocycles. The van der Waals surface area contributed by atoms with Crippen molar-refractivity contribution in [1.29, 1.82) is 0 Å². The van der Waals surface area contributed by atoms with Crippen LogP contribution >= 0.6 is 0 Å². The predicted octanol–water partition coefficient (Wildman–Crippen LogP) is 2.73. The minimum atomic E-state index is -1.48. The molecule has 0 aromatic heterocycles. The predicted molar refractivity (Wildman–Crippen MR) is 89.0 cm³/mol. The largest absolute Gasteiger partial charge is 0.507 e. The van der Waals surface area contributed by atoms with Gasteiger partial charge >= 0.3 is 0 Å². The van der Waals surface area contributed by atoms with E-state index in [4.69, 9.17) is 4.74 Å². The molecule has 6 nitrogen and oxygen atoms in total. The fraction of sp³-hybridized carbons (Fsp3) is 0.316. The van der Waals surface area contributed by atoms with E-state index in [1.54, 1.807) is 13.8 Å². The van der Waals surface area contributed by atoms with Gasteiger partial charge in [0, 0.05) is 6.08 Å². The maximum Gasteiger partial charge on any atom is 0.188 e. The summed E-state index contributed by atoms with van der Waals surface area (Å²) in [5, 5.41) is 20.7. The van der Waals surface area contributed by atoms with E-state index in [1.807, 2.05) is 0 Å². The van der Waals surface area contributed by atoms with Crippen molar-refractivity contribution in [1.82, 2.24) is 0 Å². The summed E-state index contributed by atoms with van der Waals surface area (Å²) in [6.45, 7) is 7.41. The molecule has 0 saturated carbocycles. The van der Waals surface area contributed by atoms with E-state index in [9.17, 15) is 24.6 Å². The third kappa shape index (κ3) is 1.94. The van der Waals surface area contributed by atoms with Crippen molar-refractivity contribution in [3.8, 4) is 11.5 Å². The fourth-order valence-electron chi connectivity index (χ4n) is 3.58. The average molecular weight is 342 g/mol. The molecule has 0 radical (unpaired) electrons. The lowest BCUT2D eigenvalue weighted by Crippen LogP contribution is -2.38. The number of hydrogen-bond donors (Lipinski definition) is 2. The van der Waals surface area contributed by atoms with Gasteiger partial charge in [0.2, 0.25) is 0 Å². The molecule has 1 aromatic rings. The van der Waals surface area contributed by atoms with Crippen LogP contribution in [-0.4, -0.2) is 27.6 Å². The second kappa shape index (κ2) is 5.05. The third-order valence-corrected chi connectivity index (χ3v) is 5.10. The standard InChI is InChI=1S/C19H18O6/c1-7-8(2)16(23)15-17(13(7)9(3)20)25-12-6-11(22)14(10(4)21)18(24)19(12,15)5/h6,22-23H,1-5H3/t19-/m1/s1. The highest BCUT2D eigenvalue weighted by molar-refractivity contribution is 6.25. The van der Waals surface area contributed by atoms with Crippen LogP contribution in [0.2, 0.25) is 0 Å². The lowest BCUT2D eigenvalue weighted by atomic mass is 9.70. The van der Waals surface area contributed by atoms with Crippen LogP contribution in [-0.2, 0) is 15.0 Å². The minimum Gasteiger partial charge on any atom is -0.507 e. The molecule has 1 aromatic carbocycles. The number of phenolic OH excluding ortho intramolecular Hbond substituents is 1. The Morgan fingerprint density at radius 3 is 2.20 bits per heavy atom. The summed E-state index contributed by atoms with van der Waals surface area (Å²) in [5.74, 6) is -1.96. The summed E-state index contributed by atoms with van der Waals surface area (Å²) in [6, 6.07) is 0. The molecule has 2 aliphatic rings. The summed E-state index contributed by atoms with van der Waals surface area (Å²) in [7, 11) is 0. The van der Waals surface area contributed by atoms with E-state index < -0.39 is 22.7 Å². The molecular weight excluding hydrogens is 324 g/mol. The number of aromatic hydroxyl groups is 1. The van der Waals surface area contributed by atoms with Gasteiger partial charge in [0.05, 0.1) is 11.1 Å². The molecule has 0 saturated heterocycles. The highest BCUT2D eigenvalue weighted by Crippen LogP contribution is 2.56. The molecule has 1 aliphatic heterocycles. The number of Topliss-reactive ketones (excluding diaryl/α,β-unsaturated/α-hetero) is 3. The van der Waals surface area contributed by atoms with Crippen LogP contribution in [0, 0.1) is 13.8 Å². The van der Waals surface area contributed by atoms with Gasteiger partial charge in [0.1, 0.15) is 34.0 Å². The lowest BCUT2D eigenvalue weighted by molar-refractivity contribution is -0.123. The van der Waals surface area contributed by atoms with Gasteiger partial charge in [-0.3, -0.25) is 14.4 Å². The number of fused-ring (bicyclic) bond motifs is 3. The van der Waals surface area contributed by atoms with E-state index in [2.05, 4.69) is 0 Å². The molecular formula is C19H18O6. The van der Waals surface area contributed by atoms with Crippen LogP contribution in [0.3, 0.4) is 0 Å². The zero-order valence-corrected chi connectivity index (χ0v) is 14.6. The summed E-state index contributed by atoms with van der Waals surface area (Å²) in [6.07, 6.45) is 1.20. The highest BCUT2D eigenvalue weighted by Gasteiger charge is 2.55. The number of aliphatic hydroxyl groups is 1. The van der Waals surface area contributed by atoms with Crippen LogP contribution < -0.4 is 4.74 Å². The van der Waals surface area contributed by atoms with Crippen LogP contribution in [0.4, 0.5) is 0 Å². The number of hydrogen-bond acceptors (Lipinski definition) is 6. The first-order valence-electron chi connectivity index (χ1n) is 7.80. The van der Waals surface area contributed by atoms with Gasteiger partial charge < -0.3 is 14.9 Å². The molecule has 0 fully saturated rings. The highest BCUT2D eigenvalue weighted by atomic mass is 16.5. The van der Waals surface area contributed by atoms with Crippen molar-refractivity contribution in [2.24, 2.45) is 0 Å². The van der Waals surface area contributed by atoms with Gasteiger partial charge in [-0.05, 0) is 45.7 Å². The van der Waals surface area contributed by atoms with Crippen molar-refractivity contribution < 1.29 is 29.3 Å². The zero-order valence-electron chi connectivity index (χ0n) is 14.6. The van der Waals surface area contributed by atoms with Gasteiger partial charge in [-0.1, -0.05) is 0 Å². The van der Waals surface area contributed by atoms with E-state index in [0.29, 0.717) is 11.1 Å². The SMILES string of the molecule is CC(=O)C1=C(O)C=C2Oc3c(C(C)=O)c(C)c(C)c(O)c3[C@]2(C)C1=O. The first kappa shape index (κ1) is 17.0. The van der Waals surface area contributed by atoms with Crippen LogP contribution in [0.15, 0.2) is 23.2 Å². The van der Waals surface area contributed by atoms with Crippen LogP contribution in [0.5, 0.6) is 11.5 Å². The normalized spacial score (nSPS) is 21.5. The molecule has 3 rings (SSSR count). The Balaban J connectivity index is 2.42. The Kier molecular flexibility index (Phi) is 3.42. The zero-order chi connectivity index (χ0) is 18.8. The minimum absolute atomic E-state index is 0.0813. The summed E-state index contributed by atoms with van der Waals surface area (Å²) in [4.78, 5) is 37.0. The molecule has 0 bridgehead atoms. The molecule has 1 heterocycles. The van der Waals surface area contributed by atoms with Gasteiger partial charge in [0.15, 0.2) is 17.3 Å². The van der Waals surface area contributed by atoms with Gasteiger partial charge in [-0.25, -0.2) is 0 Å². The number of phenols is 1. The molecule has 130 valence electrons. The van der Waals surface area contributed by atoms with Crippen molar-refractivity contribution in [3.63, 3.8) is 0 Å². The number of aliphatic hydroxyl groups excluding tert-OH is 1. The quantitative estimate of drug-likeness (QED) is 0.633. The van der Waals surface area contributed by atoms with Crippen molar-refractivity contribution in [2.45, 2.75) is 40.0 Å². The Morgan fingerprint density at radius 1 is 1.08 bits per heavy atom. The Labute approximate surface area is 144 Å². The Bertz CT molecular complexity index is 947. The fourth-order valence-corrected chi connectivity index (χ4v) is 3.58. The third-order valence-electron chi connectivity index (χ3n) is 5.10. The lowest BCUT2D eigenvalue weighted by Gasteiger charge is -2.28. The molecule has 0 spiro atoms. The van der Waals surface area contributed by atoms with Crippen LogP contribution in [0.25, 0.3) is 0 Å². The number of benzene rings is 1. The van der Waals surface area contributed by atoms with E-state index in [1.165, 1.54) is 26.8 Å². The topological polar surface area (TPSA) is 101 Å². The number of ether oxygens (including phenoxy) is 1. The second-order valence-corrected chi connectivity index (χ2v) is 6.62. The molecule has 25 heavy (non-hydrogen) atoms. The van der Waals surface area contributed by atoms with Crippen LogP contribution in [0.1, 0.15) is 47.8 Å². The number of carbonyl (C=O) groups is 3. The van der Waals surface area contributed by atoms with Gasteiger partial charge in [-0.15, -0.1) is 0 Å². The molecule has 2 N–H and O–H groups in total. The van der Waals surface area contributed by atoms with E-state index in [0.717, 1.165) is 0 Å². The van der Waals surface area contributed by atoms with Crippen molar-refractivity contribution >= 4 is 17.3 Å². The first-order valence-corrected chi connectivity index (χ1v) is 7.80. The smallest absolute Gasteiger partial charge is 0.188 e. The summed E-state index contributed by atoms with van der Waals surface area (Å²) >= 11 is 0. The average Bonchev–Trinajstić information content (AvgIpc) is 2.78. The number of rotatable bonds is 2. The van der Waals surface area contributed by atoms with Crippen molar-refractivity contribution in [2.75, 3.05) is 0 Å².